The van der Waals surface area contributed by atoms with E-state index < -0.39 is 0 Å². The minimum absolute atomic E-state index is 0.169. The third kappa shape index (κ3) is 4.74. The van der Waals surface area contributed by atoms with Crippen LogP contribution in [0.5, 0.6) is 5.75 Å². The average Bonchev–Trinajstić information content (AvgIpc) is 3.01. The molecule has 3 rings (SSSR count). The number of anilines is 1. The average molecular weight is 423 g/mol. The molecule has 1 N–H and O–H groups in total. The molecular weight excluding hydrogens is 407 g/mol. The normalized spacial score (nSPS) is 10.7. The van der Waals surface area contributed by atoms with Crippen LogP contribution in [0.15, 0.2) is 47.6 Å². The largest absolute Gasteiger partial charge is 0.495 e. The molecule has 0 unspecified atom stereocenters. The topological polar surface area (TPSA) is 69.0 Å². The molecule has 0 radical (unpaired) electrons. The molecule has 0 spiro atoms. The third-order valence-corrected chi connectivity index (χ3v) is 5.21. The summed E-state index contributed by atoms with van der Waals surface area (Å²) in [5.74, 6) is 1.21. The van der Waals surface area contributed by atoms with E-state index in [0.717, 1.165) is 5.56 Å². The van der Waals surface area contributed by atoms with Gasteiger partial charge in [0.05, 0.1) is 18.6 Å². The zero-order valence-electron chi connectivity index (χ0n) is 14.6. The number of hydrogen-bond donors (Lipinski definition) is 1. The van der Waals surface area contributed by atoms with Crippen LogP contribution in [0, 0.1) is 0 Å². The quantitative estimate of drug-likeness (QED) is 0.590. The van der Waals surface area contributed by atoms with Gasteiger partial charge in [-0.15, -0.1) is 10.2 Å². The van der Waals surface area contributed by atoms with Gasteiger partial charge < -0.3 is 14.6 Å². The molecule has 9 heteroatoms. The monoisotopic (exact) mass is 422 g/mol. The number of aromatic nitrogens is 3. The summed E-state index contributed by atoms with van der Waals surface area (Å²) >= 11 is 13.2. The standard InChI is InChI=1S/C18H16Cl2N4O2S/c1-24-17(11-3-5-12(19)6-4-11)22-23-18(24)27-10-16(25)21-14-9-13(20)7-8-15(14)26-2/h3-9H,10H2,1-2H3,(H,21,25). The van der Waals surface area contributed by atoms with E-state index in [1.807, 2.05) is 23.7 Å². The fraction of sp³-hybridized carbons (Fsp3) is 0.167. The van der Waals surface area contributed by atoms with Gasteiger partial charge in [-0.25, -0.2) is 0 Å². The number of thioether (sulfide) groups is 1. The molecule has 0 saturated carbocycles. The number of methoxy groups -OCH3 is 1. The maximum absolute atomic E-state index is 12.3. The van der Waals surface area contributed by atoms with Crippen LogP contribution in [0.3, 0.4) is 0 Å². The fourth-order valence-corrected chi connectivity index (χ4v) is 3.39. The molecule has 1 heterocycles. The van der Waals surface area contributed by atoms with Crippen LogP contribution >= 0.6 is 35.0 Å². The van der Waals surface area contributed by atoms with Gasteiger partial charge in [-0.2, -0.15) is 0 Å². The lowest BCUT2D eigenvalue weighted by molar-refractivity contribution is -0.113. The molecule has 0 atom stereocenters. The van der Waals surface area contributed by atoms with Gasteiger partial charge >= 0.3 is 0 Å². The summed E-state index contributed by atoms with van der Waals surface area (Å²) in [6, 6.07) is 12.4. The zero-order chi connectivity index (χ0) is 19.4. The first-order chi connectivity index (χ1) is 13.0. The van der Waals surface area contributed by atoms with E-state index in [1.165, 1.54) is 18.9 Å². The van der Waals surface area contributed by atoms with Gasteiger partial charge in [0.1, 0.15) is 5.75 Å². The molecule has 0 bridgehead atoms. The summed E-state index contributed by atoms with van der Waals surface area (Å²) < 4.78 is 7.06. The van der Waals surface area contributed by atoms with Crippen molar-refractivity contribution in [3.63, 3.8) is 0 Å². The van der Waals surface area contributed by atoms with E-state index in [-0.39, 0.29) is 11.7 Å². The SMILES string of the molecule is COc1ccc(Cl)cc1NC(=O)CSc1nnc(-c2ccc(Cl)cc2)n1C. The lowest BCUT2D eigenvalue weighted by Crippen LogP contribution is -2.15. The number of nitrogens with zero attached hydrogens (tertiary/aromatic N) is 3. The van der Waals surface area contributed by atoms with Gasteiger partial charge in [-0.05, 0) is 42.5 Å². The molecule has 6 nitrogen and oxygen atoms in total. The van der Waals surface area contributed by atoms with Gasteiger partial charge in [-0.3, -0.25) is 4.79 Å². The maximum atomic E-state index is 12.3. The number of carbonyl (C=O) groups is 1. The first-order valence-corrected chi connectivity index (χ1v) is 9.63. The molecular formula is C18H16Cl2N4O2S. The lowest BCUT2D eigenvalue weighted by atomic mass is 10.2. The smallest absolute Gasteiger partial charge is 0.234 e. The predicted octanol–water partition coefficient (Wildman–Crippen LogP) is 4.53. The number of rotatable bonds is 6. The minimum Gasteiger partial charge on any atom is -0.495 e. The molecule has 140 valence electrons. The second-order valence-electron chi connectivity index (χ2n) is 5.55. The zero-order valence-corrected chi connectivity index (χ0v) is 16.9. The number of benzene rings is 2. The number of ether oxygens (including phenoxy) is 1. The summed E-state index contributed by atoms with van der Waals surface area (Å²) in [6.07, 6.45) is 0. The Morgan fingerprint density at radius 2 is 1.85 bits per heavy atom. The Labute approximate surface area is 170 Å². The van der Waals surface area contributed by atoms with Crippen molar-refractivity contribution in [1.82, 2.24) is 14.8 Å². The van der Waals surface area contributed by atoms with Crippen molar-refractivity contribution in [1.29, 1.82) is 0 Å². The van der Waals surface area contributed by atoms with E-state index >= 15 is 0 Å². The second kappa shape index (κ2) is 8.65. The number of hydrogen-bond acceptors (Lipinski definition) is 5. The van der Waals surface area contributed by atoms with E-state index in [1.54, 1.807) is 30.3 Å². The predicted molar refractivity (Wildman–Crippen MR) is 109 cm³/mol. The van der Waals surface area contributed by atoms with Crippen molar-refractivity contribution >= 4 is 46.6 Å². The van der Waals surface area contributed by atoms with Crippen molar-refractivity contribution in [3.05, 3.63) is 52.5 Å². The summed E-state index contributed by atoms with van der Waals surface area (Å²) in [5, 5.41) is 13.0. The molecule has 0 aliphatic carbocycles. The minimum atomic E-state index is -0.198. The van der Waals surface area contributed by atoms with Crippen molar-refractivity contribution in [3.8, 4) is 17.1 Å². The summed E-state index contributed by atoms with van der Waals surface area (Å²) in [5.41, 5.74) is 1.42. The lowest BCUT2D eigenvalue weighted by Gasteiger charge is -2.10. The highest BCUT2D eigenvalue weighted by atomic mass is 35.5. The fourth-order valence-electron chi connectivity index (χ4n) is 2.39. The van der Waals surface area contributed by atoms with Crippen LogP contribution in [-0.4, -0.2) is 33.5 Å². The highest BCUT2D eigenvalue weighted by Gasteiger charge is 2.14. The van der Waals surface area contributed by atoms with Gasteiger partial charge in [0.25, 0.3) is 0 Å². The number of nitrogens with one attached hydrogen (secondary N) is 1. The van der Waals surface area contributed by atoms with E-state index in [9.17, 15) is 4.79 Å². The highest BCUT2D eigenvalue weighted by molar-refractivity contribution is 7.99. The van der Waals surface area contributed by atoms with Gasteiger partial charge in [0, 0.05) is 22.7 Å². The molecule has 27 heavy (non-hydrogen) atoms. The second-order valence-corrected chi connectivity index (χ2v) is 7.37. The van der Waals surface area contributed by atoms with E-state index in [4.69, 9.17) is 27.9 Å². The molecule has 1 aromatic heterocycles. The first-order valence-electron chi connectivity index (χ1n) is 7.89. The Morgan fingerprint density at radius 3 is 2.56 bits per heavy atom. The Morgan fingerprint density at radius 1 is 1.15 bits per heavy atom. The van der Waals surface area contributed by atoms with Crippen LogP contribution in [0.25, 0.3) is 11.4 Å². The molecule has 3 aromatic rings. The maximum Gasteiger partial charge on any atom is 0.234 e. The van der Waals surface area contributed by atoms with Crippen molar-refractivity contribution < 1.29 is 9.53 Å². The van der Waals surface area contributed by atoms with Gasteiger partial charge in [0.15, 0.2) is 11.0 Å². The molecule has 2 aromatic carbocycles. The van der Waals surface area contributed by atoms with Crippen LogP contribution in [0.1, 0.15) is 0 Å². The van der Waals surface area contributed by atoms with Crippen molar-refractivity contribution in [2.24, 2.45) is 7.05 Å². The Balaban J connectivity index is 1.66. The van der Waals surface area contributed by atoms with E-state index in [2.05, 4.69) is 15.5 Å². The highest BCUT2D eigenvalue weighted by Crippen LogP contribution is 2.28. The first kappa shape index (κ1) is 19.5. The summed E-state index contributed by atoms with van der Waals surface area (Å²) in [4.78, 5) is 12.3. The van der Waals surface area contributed by atoms with Crippen LogP contribution in [0.2, 0.25) is 10.0 Å². The Hall–Kier alpha value is -2.22. The van der Waals surface area contributed by atoms with Crippen molar-refractivity contribution in [2.45, 2.75) is 5.16 Å². The molecule has 0 aliphatic heterocycles. The van der Waals surface area contributed by atoms with Crippen LogP contribution < -0.4 is 10.1 Å². The summed E-state index contributed by atoms with van der Waals surface area (Å²) in [6.45, 7) is 0. The number of halogens is 2. The number of carbonyl (C=O) groups excluding carboxylic acids is 1. The van der Waals surface area contributed by atoms with Crippen LogP contribution in [0.4, 0.5) is 5.69 Å². The molecule has 0 aliphatic rings. The van der Waals surface area contributed by atoms with Crippen LogP contribution in [-0.2, 0) is 11.8 Å². The molecule has 1 amide bonds. The third-order valence-electron chi connectivity index (χ3n) is 3.71. The van der Waals surface area contributed by atoms with Crippen molar-refractivity contribution in [2.75, 3.05) is 18.2 Å². The van der Waals surface area contributed by atoms with Gasteiger partial charge in [0.2, 0.25) is 5.91 Å². The van der Waals surface area contributed by atoms with E-state index in [0.29, 0.717) is 32.5 Å². The number of amides is 1. The Kier molecular flexibility index (Phi) is 6.26. The molecule has 0 fully saturated rings. The molecule has 0 saturated heterocycles. The summed E-state index contributed by atoms with van der Waals surface area (Å²) in [7, 11) is 3.38. The van der Waals surface area contributed by atoms with Gasteiger partial charge in [-0.1, -0.05) is 35.0 Å². The Bertz CT molecular complexity index is 960.